The van der Waals surface area contributed by atoms with Crippen molar-refractivity contribution in [2.45, 2.75) is 44.8 Å². The van der Waals surface area contributed by atoms with E-state index in [9.17, 15) is 4.79 Å². The van der Waals surface area contributed by atoms with E-state index >= 15 is 0 Å². The maximum Gasteiger partial charge on any atom is 0.168 e. The van der Waals surface area contributed by atoms with Crippen molar-refractivity contribution in [3.05, 3.63) is 17.0 Å². The molecule has 0 atom stereocenters. The lowest BCUT2D eigenvalue weighted by molar-refractivity contribution is 0.106. The smallest absolute Gasteiger partial charge is 0.168 e. The highest BCUT2D eigenvalue weighted by Gasteiger charge is 2.26. The number of ether oxygens (including phenoxy) is 1. The Labute approximate surface area is 94.6 Å². The SMILES string of the molecule is O=Cc1c2c(nn1C1CCCC1)COCC2. The van der Waals surface area contributed by atoms with Crippen LogP contribution in [0.15, 0.2) is 0 Å². The second-order valence-electron chi connectivity index (χ2n) is 4.61. The van der Waals surface area contributed by atoms with Crippen molar-refractivity contribution < 1.29 is 9.53 Å². The van der Waals surface area contributed by atoms with Crippen LogP contribution in [-0.4, -0.2) is 22.7 Å². The van der Waals surface area contributed by atoms with E-state index < -0.39 is 0 Å². The number of hydrogen-bond acceptors (Lipinski definition) is 3. The number of carbonyl (C=O) groups is 1. The Balaban J connectivity index is 2.03. The second kappa shape index (κ2) is 4.01. The molecule has 1 aliphatic heterocycles. The average Bonchev–Trinajstić information content (AvgIpc) is 2.95. The molecule has 16 heavy (non-hydrogen) atoms. The molecular formula is C12H16N2O2. The zero-order valence-corrected chi connectivity index (χ0v) is 9.32. The van der Waals surface area contributed by atoms with Crippen LogP contribution in [0.5, 0.6) is 0 Å². The van der Waals surface area contributed by atoms with Gasteiger partial charge in [-0.05, 0) is 19.3 Å². The van der Waals surface area contributed by atoms with E-state index in [4.69, 9.17) is 4.74 Å². The quantitative estimate of drug-likeness (QED) is 0.715. The molecule has 4 nitrogen and oxygen atoms in total. The van der Waals surface area contributed by atoms with Gasteiger partial charge in [-0.2, -0.15) is 5.10 Å². The van der Waals surface area contributed by atoms with Gasteiger partial charge in [-0.25, -0.2) is 0 Å². The van der Waals surface area contributed by atoms with Crippen LogP contribution in [0.4, 0.5) is 0 Å². The molecule has 86 valence electrons. The molecule has 1 saturated carbocycles. The number of aromatic nitrogens is 2. The van der Waals surface area contributed by atoms with Crippen LogP contribution in [-0.2, 0) is 17.8 Å². The van der Waals surface area contributed by atoms with Gasteiger partial charge in [0.25, 0.3) is 0 Å². The summed E-state index contributed by atoms with van der Waals surface area (Å²) in [5, 5.41) is 4.56. The van der Waals surface area contributed by atoms with E-state index in [1.807, 2.05) is 4.68 Å². The van der Waals surface area contributed by atoms with Gasteiger partial charge in [-0.15, -0.1) is 0 Å². The lowest BCUT2D eigenvalue weighted by Crippen LogP contribution is -2.11. The van der Waals surface area contributed by atoms with Gasteiger partial charge in [0, 0.05) is 5.56 Å². The van der Waals surface area contributed by atoms with Gasteiger partial charge in [0.15, 0.2) is 6.29 Å². The fraction of sp³-hybridized carbons (Fsp3) is 0.667. The van der Waals surface area contributed by atoms with Crippen molar-refractivity contribution in [2.24, 2.45) is 0 Å². The van der Waals surface area contributed by atoms with Crippen molar-refractivity contribution >= 4 is 6.29 Å². The summed E-state index contributed by atoms with van der Waals surface area (Å²) >= 11 is 0. The van der Waals surface area contributed by atoms with Crippen molar-refractivity contribution in [1.29, 1.82) is 0 Å². The molecule has 3 rings (SSSR count). The number of fused-ring (bicyclic) bond motifs is 1. The molecule has 0 aromatic carbocycles. The normalized spacial score (nSPS) is 21.0. The third-order valence-electron chi connectivity index (χ3n) is 3.65. The zero-order chi connectivity index (χ0) is 11.0. The number of carbonyl (C=O) groups excluding carboxylic acids is 1. The summed E-state index contributed by atoms with van der Waals surface area (Å²) in [5.41, 5.74) is 2.89. The lowest BCUT2D eigenvalue weighted by atomic mass is 10.1. The van der Waals surface area contributed by atoms with Crippen molar-refractivity contribution in [2.75, 3.05) is 6.61 Å². The van der Waals surface area contributed by atoms with Gasteiger partial charge in [-0.3, -0.25) is 9.48 Å². The first-order chi connectivity index (χ1) is 7.90. The van der Waals surface area contributed by atoms with Gasteiger partial charge >= 0.3 is 0 Å². The third-order valence-corrected chi connectivity index (χ3v) is 3.65. The topological polar surface area (TPSA) is 44.1 Å². The summed E-state index contributed by atoms with van der Waals surface area (Å²) < 4.78 is 7.34. The first-order valence-electron chi connectivity index (χ1n) is 6.03. The Kier molecular flexibility index (Phi) is 2.52. The summed E-state index contributed by atoms with van der Waals surface area (Å²) in [4.78, 5) is 11.2. The summed E-state index contributed by atoms with van der Waals surface area (Å²) in [7, 11) is 0. The van der Waals surface area contributed by atoms with E-state index in [1.54, 1.807) is 0 Å². The first kappa shape index (κ1) is 10.0. The molecule has 4 heteroatoms. The van der Waals surface area contributed by atoms with Crippen LogP contribution in [0, 0.1) is 0 Å². The Bertz CT molecular complexity index is 405. The molecule has 0 unspecified atom stereocenters. The molecule has 1 aliphatic carbocycles. The number of aldehydes is 1. The maximum atomic E-state index is 11.2. The van der Waals surface area contributed by atoms with Gasteiger partial charge < -0.3 is 4.74 Å². The van der Waals surface area contributed by atoms with Crippen LogP contribution >= 0.6 is 0 Å². The summed E-state index contributed by atoms with van der Waals surface area (Å²) in [6, 6.07) is 0.436. The predicted molar refractivity (Wildman–Crippen MR) is 58.5 cm³/mol. The van der Waals surface area contributed by atoms with Gasteiger partial charge in [0.2, 0.25) is 0 Å². The Morgan fingerprint density at radius 3 is 2.94 bits per heavy atom. The van der Waals surface area contributed by atoms with E-state index in [-0.39, 0.29) is 0 Å². The highest BCUT2D eigenvalue weighted by Crippen LogP contribution is 2.32. The minimum absolute atomic E-state index is 0.436. The molecule has 0 saturated heterocycles. The van der Waals surface area contributed by atoms with E-state index in [0.717, 1.165) is 42.5 Å². The highest BCUT2D eigenvalue weighted by atomic mass is 16.5. The van der Waals surface area contributed by atoms with E-state index in [1.165, 1.54) is 12.8 Å². The molecule has 0 bridgehead atoms. The van der Waals surface area contributed by atoms with Gasteiger partial charge in [0.05, 0.1) is 24.9 Å². The third kappa shape index (κ3) is 1.48. The lowest BCUT2D eigenvalue weighted by Gasteiger charge is -2.11. The Morgan fingerprint density at radius 2 is 2.19 bits per heavy atom. The van der Waals surface area contributed by atoms with Crippen molar-refractivity contribution in [1.82, 2.24) is 9.78 Å². The van der Waals surface area contributed by atoms with Crippen LogP contribution < -0.4 is 0 Å². The molecule has 0 radical (unpaired) electrons. The van der Waals surface area contributed by atoms with Crippen molar-refractivity contribution in [3.8, 4) is 0 Å². The van der Waals surface area contributed by atoms with Crippen LogP contribution in [0.1, 0.15) is 53.5 Å². The molecule has 1 aromatic heterocycles. The van der Waals surface area contributed by atoms with E-state index in [0.29, 0.717) is 19.3 Å². The van der Waals surface area contributed by atoms with Crippen LogP contribution in [0.25, 0.3) is 0 Å². The van der Waals surface area contributed by atoms with E-state index in [2.05, 4.69) is 5.10 Å². The molecule has 0 spiro atoms. The molecule has 1 aromatic rings. The average molecular weight is 220 g/mol. The number of rotatable bonds is 2. The molecule has 0 N–H and O–H groups in total. The van der Waals surface area contributed by atoms with Gasteiger partial charge in [0.1, 0.15) is 5.69 Å². The fourth-order valence-corrected chi connectivity index (χ4v) is 2.81. The highest BCUT2D eigenvalue weighted by molar-refractivity contribution is 5.75. The molecule has 0 amide bonds. The Morgan fingerprint density at radius 1 is 1.38 bits per heavy atom. The van der Waals surface area contributed by atoms with Crippen LogP contribution in [0.3, 0.4) is 0 Å². The minimum Gasteiger partial charge on any atom is -0.375 e. The summed E-state index contributed by atoms with van der Waals surface area (Å²) in [6.07, 6.45) is 6.62. The maximum absolute atomic E-state index is 11.2. The molecule has 2 heterocycles. The second-order valence-corrected chi connectivity index (χ2v) is 4.61. The first-order valence-corrected chi connectivity index (χ1v) is 6.03. The van der Waals surface area contributed by atoms with Crippen LogP contribution in [0.2, 0.25) is 0 Å². The van der Waals surface area contributed by atoms with Crippen molar-refractivity contribution in [3.63, 3.8) is 0 Å². The summed E-state index contributed by atoms with van der Waals surface area (Å²) in [5.74, 6) is 0. The Hall–Kier alpha value is -1.16. The summed E-state index contributed by atoms with van der Waals surface area (Å²) in [6.45, 7) is 1.28. The standard InChI is InChI=1S/C12H16N2O2/c15-7-12-10-5-6-16-8-11(10)13-14(12)9-3-1-2-4-9/h7,9H,1-6,8H2. The number of hydrogen-bond donors (Lipinski definition) is 0. The molecule has 2 aliphatic rings. The fourth-order valence-electron chi connectivity index (χ4n) is 2.81. The largest absolute Gasteiger partial charge is 0.375 e. The zero-order valence-electron chi connectivity index (χ0n) is 9.32. The monoisotopic (exact) mass is 220 g/mol. The van der Waals surface area contributed by atoms with Gasteiger partial charge in [-0.1, -0.05) is 12.8 Å². The molecular weight excluding hydrogens is 204 g/mol. The minimum atomic E-state index is 0.436. The predicted octanol–water partition coefficient (Wildman–Crippen LogP) is 1.88. The number of nitrogens with zero attached hydrogens (tertiary/aromatic N) is 2. The molecule has 1 fully saturated rings.